The fourth-order valence-electron chi connectivity index (χ4n) is 7.91. The zero-order valence-corrected chi connectivity index (χ0v) is 19.6. The topological polar surface area (TPSA) is 69.4 Å². The van der Waals surface area contributed by atoms with Gasteiger partial charge in [-0.1, -0.05) is 39.3 Å². The second-order valence-electron chi connectivity index (χ2n) is 11.6. The van der Waals surface area contributed by atoms with Crippen LogP contribution in [-0.4, -0.2) is 23.9 Å². The zero-order valence-electron chi connectivity index (χ0n) is 19.6. The standard InChI is InChI=1S/C26H41NO3/c1-15(2)23(27)24(29)30-18-10-12-25(4)17(14-18)6-7-19-21-9-8-20(16(3)28)26(21,5)13-11-22(19)25/h6,15,18-23H,7-14,27H2,1-5H3. The van der Waals surface area contributed by atoms with Crippen LogP contribution >= 0.6 is 0 Å². The quantitative estimate of drug-likeness (QED) is 0.515. The zero-order chi connectivity index (χ0) is 21.8. The fourth-order valence-corrected chi connectivity index (χ4v) is 7.91. The van der Waals surface area contributed by atoms with Crippen molar-refractivity contribution in [3.63, 3.8) is 0 Å². The summed E-state index contributed by atoms with van der Waals surface area (Å²) in [5, 5.41) is 0. The molecule has 4 aliphatic carbocycles. The van der Waals surface area contributed by atoms with Gasteiger partial charge in [-0.05, 0) is 86.4 Å². The van der Waals surface area contributed by atoms with Crippen LogP contribution in [-0.2, 0) is 14.3 Å². The van der Waals surface area contributed by atoms with E-state index < -0.39 is 6.04 Å². The number of allylic oxidation sites excluding steroid dienone is 1. The number of rotatable bonds is 4. The van der Waals surface area contributed by atoms with Crippen molar-refractivity contribution in [2.24, 2.45) is 46.2 Å². The van der Waals surface area contributed by atoms with E-state index in [9.17, 15) is 9.59 Å². The molecule has 0 aliphatic heterocycles. The van der Waals surface area contributed by atoms with Crippen LogP contribution in [0, 0.1) is 40.4 Å². The lowest BCUT2D eigenvalue weighted by Crippen LogP contribution is -2.51. The van der Waals surface area contributed by atoms with Gasteiger partial charge in [-0.15, -0.1) is 0 Å². The molecule has 30 heavy (non-hydrogen) atoms. The number of hydrogen-bond donors (Lipinski definition) is 1. The first-order valence-electron chi connectivity index (χ1n) is 12.2. The van der Waals surface area contributed by atoms with Crippen molar-refractivity contribution >= 4 is 11.8 Å². The van der Waals surface area contributed by atoms with Crippen molar-refractivity contribution in [1.82, 2.24) is 0 Å². The van der Waals surface area contributed by atoms with Gasteiger partial charge >= 0.3 is 5.97 Å². The summed E-state index contributed by atoms with van der Waals surface area (Å²) in [7, 11) is 0. The minimum Gasteiger partial charge on any atom is -0.461 e. The Hall–Kier alpha value is -1.16. The summed E-state index contributed by atoms with van der Waals surface area (Å²) < 4.78 is 5.83. The first kappa shape index (κ1) is 22.0. The number of carbonyl (C=O) groups is 2. The Balaban J connectivity index is 1.50. The van der Waals surface area contributed by atoms with Crippen LogP contribution < -0.4 is 5.73 Å². The number of Topliss-reactive ketones (excluding diaryl/α,β-unsaturated/α-hetero) is 1. The SMILES string of the molecule is CC(=O)C1CCC2C3CC=C4CC(OC(=O)C(N)C(C)C)CCC4(C)C3CCC12C. The summed E-state index contributed by atoms with van der Waals surface area (Å²) in [4.78, 5) is 24.7. The monoisotopic (exact) mass is 415 g/mol. The van der Waals surface area contributed by atoms with Crippen LogP contribution in [0.1, 0.15) is 86.0 Å². The van der Waals surface area contributed by atoms with Crippen molar-refractivity contribution < 1.29 is 14.3 Å². The van der Waals surface area contributed by atoms with Gasteiger partial charge in [-0.3, -0.25) is 9.59 Å². The fraction of sp³-hybridized carbons (Fsp3) is 0.846. The van der Waals surface area contributed by atoms with Crippen molar-refractivity contribution in [1.29, 1.82) is 0 Å². The smallest absolute Gasteiger partial charge is 0.323 e. The van der Waals surface area contributed by atoms with Gasteiger partial charge in [-0.25, -0.2) is 0 Å². The highest BCUT2D eigenvalue weighted by molar-refractivity contribution is 5.79. The molecule has 4 aliphatic rings. The Morgan fingerprint density at radius 1 is 1.10 bits per heavy atom. The summed E-state index contributed by atoms with van der Waals surface area (Å²) in [6, 6.07) is -0.532. The second kappa shape index (κ2) is 7.76. The maximum Gasteiger partial charge on any atom is 0.323 e. The van der Waals surface area contributed by atoms with Gasteiger partial charge < -0.3 is 10.5 Å². The highest BCUT2D eigenvalue weighted by Gasteiger charge is 2.59. The molecule has 3 fully saturated rings. The van der Waals surface area contributed by atoms with Crippen molar-refractivity contribution in [2.75, 3.05) is 0 Å². The third-order valence-corrected chi connectivity index (χ3v) is 9.82. The summed E-state index contributed by atoms with van der Waals surface area (Å²) in [6.45, 7) is 10.6. The van der Waals surface area contributed by atoms with Gasteiger partial charge in [0.1, 0.15) is 17.9 Å². The summed E-state index contributed by atoms with van der Waals surface area (Å²) in [5.41, 5.74) is 7.94. The van der Waals surface area contributed by atoms with Crippen LogP contribution in [0.3, 0.4) is 0 Å². The van der Waals surface area contributed by atoms with Crippen molar-refractivity contribution in [3.8, 4) is 0 Å². The molecule has 0 heterocycles. The lowest BCUT2D eigenvalue weighted by atomic mass is 9.47. The second-order valence-corrected chi connectivity index (χ2v) is 11.6. The Bertz CT molecular complexity index is 743. The van der Waals surface area contributed by atoms with Gasteiger partial charge in [0.2, 0.25) is 0 Å². The van der Waals surface area contributed by atoms with E-state index in [1.807, 2.05) is 13.8 Å². The van der Waals surface area contributed by atoms with Crippen molar-refractivity contribution in [3.05, 3.63) is 11.6 Å². The van der Waals surface area contributed by atoms with Crippen LogP contribution in [0.25, 0.3) is 0 Å². The molecule has 168 valence electrons. The average Bonchev–Trinajstić information content (AvgIpc) is 3.05. The van der Waals surface area contributed by atoms with Gasteiger partial charge in [0.15, 0.2) is 0 Å². The molecule has 8 atom stereocenters. The van der Waals surface area contributed by atoms with Gasteiger partial charge in [-0.2, -0.15) is 0 Å². The number of ketones is 1. The number of carbonyl (C=O) groups excluding carboxylic acids is 2. The Morgan fingerprint density at radius 2 is 1.83 bits per heavy atom. The largest absolute Gasteiger partial charge is 0.461 e. The number of fused-ring (bicyclic) bond motifs is 5. The van der Waals surface area contributed by atoms with E-state index in [2.05, 4.69) is 19.9 Å². The van der Waals surface area contributed by atoms with Gasteiger partial charge in [0, 0.05) is 12.3 Å². The molecule has 0 radical (unpaired) electrons. The maximum absolute atomic E-state index is 12.4. The summed E-state index contributed by atoms with van der Waals surface area (Å²) in [6.07, 6.45) is 11.2. The van der Waals surface area contributed by atoms with Crippen LogP contribution in [0.4, 0.5) is 0 Å². The molecule has 0 aromatic rings. The predicted molar refractivity (Wildman–Crippen MR) is 119 cm³/mol. The van der Waals surface area contributed by atoms with Crippen molar-refractivity contribution in [2.45, 2.75) is 98.1 Å². The minimum atomic E-state index is -0.532. The molecule has 3 saturated carbocycles. The molecule has 0 saturated heterocycles. The molecule has 8 unspecified atom stereocenters. The Morgan fingerprint density at radius 3 is 2.50 bits per heavy atom. The van der Waals surface area contributed by atoms with Gasteiger partial charge in [0.25, 0.3) is 0 Å². The molecule has 2 N–H and O–H groups in total. The Kier molecular flexibility index (Phi) is 5.70. The highest BCUT2D eigenvalue weighted by Crippen LogP contribution is 2.66. The first-order chi connectivity index (χ1) is 14.1. The maximum atomic E-state index is 12.4. The van der Waals surface area contributed by atoms with E-state index in [-0.39, 0.29) is 34.7 Å². The van der Waals surface area contributed by atoms with E-state index in [4.69, 9.17) is 10.5 Å². The lowest BCUT2D eigenvalue weighted by molar-refractivity contribution is -0.154. The van der Waals surface area contributed by atoms with Crippen LogP contribution in [0.15, 0.2) is 11.6 Å². The molecule has 4 nitrogen and oxygen atoms in total. The normalized spacial score (nSPS) is 43.8. The molecule has 4 rings (SSSR count). The summed E-state index contributed by atoms with van der Waals surface area (Å²) >= 11 is 0. The number of ether oxygens (including phenoxy) is 1. The lowest BCUT2D eigenvalue weighted by Gasteiger charge is -2.58. The number of esters is 1. The number of nitrogens with two attached hydrogens (primary N) is 1. The molecule has 4 heteroatoms. The molecule has 0 aromatic heterocycles. The molecule has 0 spiro atoms. The molecule has 0 amide bonds. The third kappa shape index (κ3) is 3.38. The van der Waals surface area contributed by atoms with E-state index in [0.29, 0.717) is 23.5 Å². The number of hydrogen-bond acceptors (Lipinski definition) is 4. The Labute approximate surface area is 182 Å². The van der Waals surface area contributed by atoms with E-state index >= 15 is 0 Å². The average molecular weight is 416 g/mol. The molecular weight excluding hydrogens is 374 g/mol. The minimum absolute atomic E-state index is 0.0272. The van der Waals surface area contributed by atoms with E-state index in [0.717, 1.165) is 32.1 Å². The van der Waals surface area contributed by atoms with Crippen LogP contribution in [0.5, 0.6) is 0 Å². The molecular formula is C26H41NO3. The molecule has 0 bridgehead atoms. The predicted octanol–water partition coefficient (Wildman–Crippen LogP) is 5.05. The van der Waals surface area contributed by atoms with Gasteiger partial charge in [0.05, 0.1) is 0 Å². The highest BCUT2D eigenvalue weighted by atomic mass is 16.5. The molecule has 0 aromatic carbocycles. The first-order valence-corrected chi connectivity index (χ1v) is 12.2. The summed E-state index contributed by atoms with van der Waals surface area (Å²) in [5.74, 6) is 2.61. The third-order valence-electron chi connectivity index (χ3n) is 9.82. The van der Waals surface area contributed by atoms with E-state index in [1.54, 1.807) is 6.92 Å². The van der Waals surface area contributed by atoms with E-state index in [1.165, 1.54) is 24.8 Å². The van der Waals surface area contributed by atoms with Crippen LogP contribution in [0.2, 0.25) is 0 Å².